The lowest BCUT2D eigenvalue weighted by molar-refractivity contribution is -0.111. The van der Waals surface area contributed by atoms with Gasteiger partial charge in [-0.2, -0.15) is 0 Å². The Morgan fingerprint density at radius 1 is 1.23 bits per heavy atom. The van der Waals surface area contributed by atoms with E-state index in [0.717, 1.165) is 42.9 Å². The molecule has 2 nitrogen and oxygen atoms in total. The fourth-order valence-corrected chi connectivity index (χ4v) is 4.54. The minimum absolute atomic E-state index is 0.144. The average molecular weight is 294 g/mol. The fraction of sp³-hybridized carbons (Fsp3) is 0.450. The van der Waals surface area contributed by atoms with Gasteiger partial charge >= 0.3 is 0 Å². The molecule has 3 aliphatic carbocycles. The summed E-state index contributed by atoms with van der Waals surface area (Å²) < 4.78 is 0. The quantitative estimate of drug-likeness (QED) is 0.861. The average Bonchev–Trinajstić information content (AvgIpc) is 2.89. The van der Waals surface area contributed by atoms with Crippen LogP contribution in [-0.2, 0) is 11.2 Å². The third-order valence-electron chi connectivity index (χ3n) is 5.64. The summed E-state index contributed by atoms with van der Waals surface area (Å²) >= 11 is 0. The van der Waals surface area contributed by atoms with E-state index in [1.807, 2.05) is 13.0 Å². The summed E-state index contributed by atoms with van der Waals surface area (Å²) in [5.41, 5.74) is 4.54. The molecule has 0 aliphatic heterocycles. The maximum Gasteiger partial charge on any atom is 0.160 e. The van der Waals surface area contributed by atoms with Crippen molar-refractivity contribution in [3.8, 4) is 0 Å². The van der Waals surface area contributed by atoms with Gasteiger partial charge in [-0.1, -0.05) is 29.9 Å². The van der Waals surface area contributed by atoms with Crippen molar-refractivity contribution in [1.29, 1.82) is 0 Å². The molecule has 0 heterocycles. The largest absolute Gasteiger partial charge is 0.390 e. The Balaban J connectivity index is 1.93. The molecule has 2 heteroatoms. The van der Waals surface area contributed by atoms with Crippen LogP contribution in [0.25, 0.3) is 17.2 Å². The molecule has 0 radical (unpaired) electrons. The van der Waals surface area contributed by atoms with Gasteiger partial charge in [-0.3, -0.25) is 4.79 Å². The first-order chi connectivity index (χ1) is 10.5. The lowest BCUT2D eigenvalue weighted by atomic mass is 9.70. The van der Waals surface area contributed by atoms with Crippen molar-refractivity contribution in [2.75, 3.05) is 0 Å². The number of fused-ring (bicyclic) bond motifs is 4. The van der Waals surface area contributed by atoms with Crippen LogP contribution in [0.15, 0.2) is 18.2 Å². The van der Waals surface area contributed by atoms with Crippen LogP contribution < -0.4 is 10.4 Å². The first-order valence-corrected chi connectivity index (χ1v) is 8.27. The number of rotatable bonds is 1. The number of Topliss-reactive ketones (excluding diaryl/α,β-unsaturated/α-hetero) is 1. The first kappa shape index (κ1) is 14.0. The van der Waals surface area contributed by atoms with Gasteiger partial charge in [-0.25, -0.2) is 0 Å². The minimum Gasteiger partial charge on any atom is -0.390 e. The van der Waals surface area contributed by atoms with E-state index in [2.05, 4.69) is 18.2 Å². The van der Waals surface area contributed by atoms with Crippen molar-refractivity contribution in [1.82, 2.24) is 0 Å². The van der Waals surface area contributed by atoms with Crippen LogP contribution in [0.4, 0.5) is 0 Å². The maximum absolute atomic E-state index is 11.8. The molecule has 22 heavy (non-hydrogen) atoms. The zero-order chi connectivity index (χ0) is 15.5. The van der Waals surface area contributed by atoms with E-state index in [0.29, 0.717) is 5.92 Å². The summed E-state index contributed by atoms with van der Waals surface area (Å²) in [6.07, 6.45) is 9.00. The lowest BCUT2D eigenvalue weighted by Gasteiger charge is -2.38. The van der Waals surface area contributed by atoms with Gasteiger partial charge in [0.25, 0.3) is 0 Å². The molecule has 1 aromatic rings. The topological polar surface area (TPSA) is 37.3 Å². The van der Waals surface area contributed by atoms with Crippen LogP contribution in [0.5, 0.6) is 0 Å². The van der Waals surface area contributed by atoms with Crippen molar-refractivity contribution in [2.24, 2.45) is 5.92 Å². The Hall–Kier alpha value is -1.67. The number of carbonyl (C=O) groups excluding carboxylic acids is 1. The molecular weight excluding hydrogens is 272 g/mol. The summed E-state index contributed by atoms with van der Waals surface area (Å²) in [7, 11) is 0. The van der Waals surface area contributed by atoms with Crippen molar-refractivity contribution in [3.63, 3.8) is 0 Å². The molecule has 114 valence electrons. The molecule has 1 aromatic carbocycles. The molecule has 3 aliphatic rings. The van der Waals surface area contributed by atoms with Crippen molar-refractivity contribution in [2.45, 2.75) is 51.6 Å². The highest BCUT2D eigenvalue weighted by atomic mass is 16.3. The molecule has 0 unspecified atom stereocenters. The van der Waals surface area contributed by atoms with Gasteiger partial charge in [0.15, 0.2) is 5.78 Å². The van der Waals surface area contributed by atoms with Crippen LogP contribution in [0.2, 0.25) is 0 Å². The van der Waals surface area contributed by atoms with E-state index in [4.69, 9.17) is 0 Å². The monoisotopic (exact) mass is 294 g/mol. The summed E-state index contributed by atoms with van der Waals surface area (Å²) in [6.45, 7) is 3.61. The summed E-state index contributed by atoms with van der Waals surface area (Å²) in [6, 6.07) is 4.33. The van der Waals surface area contributed by atoms with E-state index in [-0.39, 0.29) is 5.78 Å². The van der Waals surface area contributed by atoms with E-state index in [1.54, 1.807) is 6.92 Å². The van der Waals surface area contributed by atoms with E-state index < -0.39 is 5.60 Å². The number of ketones is 1. The Labute approximate surface area is 130 Å². The molecule has 1 fully saturated rings. The lowest BCUT2D eigenvalue weighted by Crippen LogP contribution is -2.38. The third-order valence-corrected chi connectivity index (χ3v) is 5.64. The molecule has 0 bridgehead atoms. The van der Waals surface area contributed by atoms with Crippen LogP contribution in [0.1, 0.15) is 50.7 Å². The Kier molecular flexibility index (Phi) is 2.96. The van der Waals surface area contributed by atoms with Crippen molar-refractivity contribution >= 4 is 23.0 Å². The predicted octanol–water partition coefficient (Wildman–Crippen LogP) is 2.10. The SMILES string of the molecule is CC(=O)C1=c2ccc3c(c2C=C1)CC[C@@H]1C[C@](C)(O)CCC=31. The van der Waals surface area contributed by atoms with Gasteiger partial charge in [0.2, 0.25) is 0 Å². The third kappa shape index (κ3) is 2.01. The van der Waals surface area contributed by atoms with Gasteiger partial charge in [0, 0.05) is 5.57 Å². The summed E-state index contributed by atoms with van der Waals surface area (Å²) in [5.74, 6) is 0.668. The highest BCUT2D eigenvalue weighted by Gasteiger charge is 2.35. The first-order valence-electron chi connectivity index (χ1n) is 8.27. The zero-order valence-electron chi connectivity index (χ0n) is 13.3. The molecule has 0 amide bonds. The molecule has 0 spiro atoms. The fourth-order valence-electron chi connectivity index (χ4n) is 4.54. The Bertz CT molecular complexity index is 824. The Morgan fingerprint density at radius 2 is 2.00 bits per heavy atom. The maximum atomic E-state index is 11.8. The molecule has 4 rings (SSSR count). The van der Waals surface area contributed by atoms with Crippen LogP contribution >= 0.6 is 0 Å². The minimum atomic E-state index is -0.502. The van der Waals surface area contributed by atoms with E-state index in [9.17, 15) is 9.90 Å². The highest BCUT2D eigenvalue weighted by molar-refractivity contribution is 6.19. The highest BCUT2D eigenvalue weighted by Crippen LogP contribution is 2.40. The second-order valence-corrected chi connectivity index (χ2v) is 7.32. The van der Waals surface area contributed by atoms with Gasteiger partial charge in [0.1, 0.15) is 0 Å². The molecule has 1 N–H and O–H groups in total. The predicted molar refractivity (Wildman–Crippen MR) is 88.5 cm³/mol. The van der Waals surface area contributed by atoms with E-state index >= 15 is 0 Å². The van der Waals surface area contributed by atoms with Crippen molar-refractivity contribution < 1.29 is 9.90 Å². The number of aliphatic hydroxyl groups is 1. The van der Waals surface area contributed by atoms with Gasteiger partial charge < -0.3 is 5.11 Å². The smallest absolute Gasteiger partial charge is 0.160 e. The standard InChI is InChI=1S/C20H22O2/c1-12(21)14-5-6-19-16(14)7-8-17-15-9-10-20(2,22)11-13(15)3-4-18(17)19/h5-8,13,22H,3-4,9-11H2,1-2H3/t13-,20-/m1/s1. The van der Waals surface area contributed by atoms with Crippen LogP contribution in [-0.4, -0.2) is 16.5 Å². The number of carbonyl (C=O) groups is 1. The zero-order valence-corrected chi connectivity index (χ0v) is 13.3. The summed E-state index contributed by atoms with van der Waals surface area (Å²) in [4.78, 5) is 11.8. The molecular formula is C20H22O2. The number of benzene rings is 1. The van der Waals surface area contributed by atoms with Crippen LogP contribution in [0, 0.1) is 5.92 Å². The second kappa shape index (κ2) is 4.66. The normalized spacial score (nSPS) is 29.1. The number of allylic oxidation sites excluding steroid dienone is 1. The molecule has 0 aromatic heterocycles. The van der Waals surface area contributed by atoms with E-state index in [1.165, 1.54) is 21.9 Å². The Morgan fingerprint density at radius 3 is 2.77 bits per heavy atom. The van der Waals surface area contributed by atoms with Gasteiger partial charge in [-0.15, -0.1) is 0 Å². The van der Waals surface area contributed by atoms with Gasteiger partial charge in [0.05, 0.1) is 5.60 Å². The number of hydrogen-bond acceptors (Lipinski definition) is 2. The summed E-state index contributed by atoms with van der Waals surface area (Å²) in [5, 5.41) is 12.8. The molecule has 1 saturated carbocycles. The number of hydrogen-bond donors (Lipinski definition) is 1. The molecule has 2 atom stereocenters. The second-order valence-electron chi connectivity index (χ2n) is 7.32. The van der Waals surface area contributed by atoms with Crippen LogP contribution in [0.3, 0.4) is 0 Å². The van der Waals surface area contributed by atoms with Gasteiger partial charge in [-0.05, 0) is 73.4 Å². The molecule has 0 saturated heterocycles. The van der Waals surface area contributed by atoms with Crippen molar-refractivity contribution in [3.05, 3.63) is 39.8 Å².